The zero-order valence-corrected chi connectivity index (χ0v) is 35.3. The van der Waals surface area contributed by atoms with E-state index in [1.54, 1.807) is 11.1 Å². The quantitative estimate of drug-likeness (QED) is 0.0817. The van der Waals surface area contributed by atoms with E-state index in [4.69, 9.17) is 24.2 Å². The number of likely N-dealkylation sites (tertiary alicyclic amines) is 1. The molecular formula is C46H54N8O7. The van der Waals surface area contributed by atoms with Gasteiger partial charge in [0.15, 0.2) is 5.79 Å². The molecule has 4 atom stereocenters. The Morgan fingerprint density at radius 2 is 1.46 bits per heavy atom. The SMILES string of the molecule is COC(=O)NN(C(=O)[C@@H]1CCCCC1c1ncc(-c2ccc3cc(-c4ccc(-c5cnc(C6CC7(CN6C(=O)C(NC=O)C(C)C)OCCO7)[nH]5)cc4)ccc3c2)[nH]1)C(C)C. The van der Waals surface area contributed by atoms with Gasteiger partial charge in [0, 0.05) is 29.9 Å². The monoisotopic (exact) mass is 830 g/mol. The van der Waals surface area contributed by atoms with Gasteiger partial charge in [-0.25, -0.2) is 25.2 Å². The van der Waals surface area contributed by atoms with E-state index >= 15 is 0 Å². The standard InChI is InChI=1S/C46H54N8O7/c1-27(2)40(49-26-55)44(57)53-25-46(60-18-19-61-46)22-39(53)42-48-23-37(51-42)30-12-10-29(11-13-30)31-14-15-33-21-34(17-16-32(33)20-31)38-24-47-41(50-38)35-8-6-7-9-36(35)43(56)54(28(3)4)52-45(58)59-5/h10-17,20-21,23-24,26-28,35-36,39-40H,6-9,18-19,22,25H2,1-5H3,(H,47,50)(H,48,51)(H,49,55)(H,52,58)/t35?,36-,39?,40?/m1/s1. The Kier molecular flexibility index (Phi) is 12.0. The minimum atomic E-state index is -0.896. The molecule has 5 aromatic rings. The Morgan fingerprint density at radius 1 is 0.852 bits per heavy atom. The summed E-state index contributed by atoms with van der Waals surface area (Å²) in [6.07, 6.45) is 7.44. The molecule has 4 N–H and O–H groups in total. The topological polar surface area (TPSA) is 184 Å². The third-order valence-corrected chi connectivity index (χ3v) is 12.3. The highest BCUT2D eigenvalue weighted by Gasteiger charge is 2.52. The molecule has 3 aliphatic rings. The van der Waals surface area contributed by atoms with Crippen LogP contribution in [0.1, 0.15) is 83.4 Å². The van der Waals surface area contributed by atoms with Crippen LogP contribution >= 0.6 is 0 Å². The lowest BCUT2D eigenvalue weighted by Crippen LogP contribution is -2.53. The number of carbonyl (C=O) groups excluding carboxylic acids is 4. The number of aromatic nitrogens is 4. The van der Waals surface area contributed by atoms with E-state index in [0.29, 0.717) is 38.3 Å². The number of aromatic amines is 2. The van der Waals surface area contributed by atoms with Crippen LogP contribution in [-0.4, -0.2) is 98.9 Å². The molecule has 3 fully saturated rings. The fourth-order valence-corrected chi connectivity index (χ4v) is 9.10. The summed E-state index contributed by atoms with van der Waals surface area (Å²) in [4.78, 5) is 69.2. The van der Waals surface area contributed by atoms with Gasteiger partial charge >= 0.3 is 6.09 Å². The van der Waals surface area contributed by atoms with Crippen LogP contribution in [0.3, 0.4) is 0 Å². The summed E-state index contributed by atoms with van der Waals surface area (Å²) in [6, 6.07) is 19.7. The zero-order valence-electron chi connectivity index (χ0n) is 35.3. The number of nitrogens with zero attached hydrogens (tertiary/aromatic N) is 4. The van der Waals surface area contributed by atoms with E-state index in [2.05, 4.69) is 81.4 Å². The van der Waals surface area contributed by atoms with Crippen LogP contribution in [0.5, 0.6) is 0 Å². The van der Waals surface area contributed by atoms with Gasteiger partial charge in [0.25, 0.3) is 0 Å². The van der Waals surface area contributed by atoms with E-state index < -0.39 is 24.0 Å². The number of ether oxygens (including phenoxy) is 3. The molecule has 0 radical (unpaired) electrons. The van der Waals surface area contributed by atoms with E-state index in [1.807, 2.05) is 33.9 Å². The first-order valence-electron chi connectivity index (χ1n) is 21.2. The van der Waals surface area contributed by atoms with Crippen molar-refractivity contribution >= 4 is 35.1 Å². The summed E-state index contributed by atoms with van der Waals surface area (Å²) < 4.78 is 16.8. The fraction of sp³-hybridized carbons (Fsp3) is 0.435. The zero-order chi connectivity index (χ0) is 42.8. The maximum atomic E-state index is 13.8. The molecule has 2 aliphatic heterocycles. The lowest BCUT2D eigenvalue weighted by atomic mass is 9.78. The van der Waals surface area contributed by atoms with Gasteiger partial charge in [0.1, 0.15) is 17.7 Å². The predicted molar refractivity (Wildman–Crippen MR) is 228 cm³/mol. The number of hydrogen-bond donors (Lipinski definition) is 4. The number of rotatable bonds is 11. The third kappa shape index (κ3) is 8.49. The van der Waals surface area contributed by atoms with Crippen molar-refractivity contribution in [1.82, 2.24) is 40.6 Å². The maximum absolute atomic E-state index is 13.8. The van der Waals surface area contributed by atoms with Gasteiger partial charge < -0.3 is 34.4 Å². The number of imidazole rings is 2. The van der Waals surface area contributed by atoms with Gasteiger partial charge in [-0.2, -0.15) is 0 Å². The molecule has 320 valence electrons. The van der Waals surface area contributed by atoms with E-state index in [1.165, 1.54) is 12.1 Å². The summed E-state index contributed by atoms with van der Waals surface area (Å²) in [5.41, 5.74) is 8.39. The van der Waals surface area contributed by atoms with Crippen LogP contribution in [-0.2, 0) is 28.6 Å². The molecule has 15 heteroatoms. The van der Waals surface area contributed by atoms with Crippen LogP contribution in [0.25, 0.3) is 44.4 Å². The van der Waals surface area contributed by atoms with Crippen molar-refractivity contribution in [2.24, 2.45) is 11.8 Å². The van der Waals surface area contributed by atoms with Crippen LogP contribution in [0, 0.1) is 11.8 Å². The first-order chi connectivity index (χ1) is 29.5. The minimum Gasteiger partial charge on any atom is -0.452 e. The van der Waals surface area contributed by atoms with Crippen LogP contribution < -0.4 is 10.7 Å². The summed E-state index contributed by atoms with van der Waals surface area (Å²) in [7, 11) is 1.28. The molecular weight excluding hydrogens is 777 g/mol. The predicted octanol–water partition coefficient (Wildman–Crippen LogP) is 6.86. The highest BCUT2D eigenvalue weighted by molar-refractivity contribution is 5.91. The highest BCUT2D eigenvalue weighted by atomic mass is 16.7. The number of hydrogen-bond acceptors (Lipinski definition) is 9. The van der Waals surface area contributed by atoms with E-state index in [9.17, 15) is 19.2 Å². The summed E-state index contributed by atoms with van der Waals surface area (Å²) in [5.74, 6) is -0.341. The summed E-state index contributed by atoms with van der Waals surface area (Å²) in [5, 5.41) is 6.26. The molecule has 1 aliphatic carbocycles. The first-order valence-corrected chi connectivity index (χ1v) is 21.2. The van der Waals surface area contributed by atoms with Gasteiger partial charge in [0.2, 0.25) is 18.2 Å². The van der Waals surface area contributed by atoms with E-state index in [-0.39, 0.29) is 42.2 Å². The average Bonchev–Trinajstić information content (AvgIpc) is 4.12. The second-order valence-electron chi connectivity index (χ2n) is 16.9. The fourth-order valence-electron chi connectivity index (χ4n) is 9.10. The van der Waals surface area contributed by atoms with Crippen LogP contribution in [0.2, 0.25) is 0 Å². The average molecular weight is 831 g/mol. The van der Waals surface area contributed by atoms with Gasteiger partial charge in [-0.15, -0.1) is 0 Å². The van der Waals surface area contributed by atoms with Crippen molar-refractivity contribution in [3.63, 3.8) is 0 Å². The molecule has 4 amide bonds. The molecule has 1 saturated carbocycles. The molecule has 0 bridgehead atoms. The number of benzene rings is 3. The second kappa shape index (κ2) is 17.5. The van der Waals surface area contributed by atoms with Gasteiger partial charge in [-0.1, -0.05) is 75.2 Å². The smallest absolute Gasteiger partial charge is 0.425 e. The molecule has 3 aromatic carbocycles. The lowest BCUT2D eigenvalue weighted by Gasteiger charge is -2.35. The van der Waals surface area contributed by atoms with Crippen molar-refractivity contribution in [3.8, 4) is 33.6 Å². The Hall–Kier alpha value is -6.06. The normalized spacial score (nSPS) is 20.3. The van der Waals surface area contributed by atoms with Gasteiger partial charge in [0.05, 0.1) is 56.7 Å². The highest BCUT2D eigenvalue weighted by Crippen LogP contribution is 2.43. The molecule has 1 spiro atoms. The molecule has 8 rings (SSSR count). The number of amides is 4. The number of carbonyl (C=O) groups is 4. The molecule has 15 nitrogen and oxygen atoms in total. The van der Waals surface area contributed by atoms with Gasteiger partial charge in [-0.05, 0) is 72.2 Å². The maximum Gasteiger partial charge on any atom is 0.425 e. The number of H-pyrrole nitrogens is 2. The Bertz CT molecular complexity index is 2380. The van der Waals surface area contributed by atoms with Crippen molar-refractivity contribution in [3.05, 3.63) is 84.7 Å². The lowest BCUT2D eigenvalue weighted by molar-refractivity contribution is -0.154. The van der Waals surface area contributed by atoms with Crippen LogP contribution in [0.4, 0.5) is 4.79 Å². The second-order valence-corrected chi connectivity index (χ2v) is 16.9. The Labute approximate surface area is 354 Å². The summed E-state index contributed by atoms with van der Waals surface area (Å²) in [6.45, 7) is 8.70. The molecule has 4 heterocycles. The van der Waals surface area contributed by atoms with Crippen molar-refractivity contribution in [2.45, 2.75) is 89.6 Å². The minimum absolute atomic E-state index is 0.0987. The molecule has 2 aromatic heterocycles. The van der Waals surface area contributed by atoms with Crippen molar-refractivity contribution < 1.29 is 33.4 Å². The number of methoxy groups -OCH3 is 1. The van der Waals surface area contributed by atoms with Gasteiger partial charge in [-0.3, -0.25) is 14.4 Å². The van der Waals surface area contributed by atoms with Crippen LogP contribution in [0.15, 0.2) is 73.1 Å². The number of nitrogens with one attached hydrogen (secondary N) is 4. The third-order valence-electron chi connectivity index (χ3n) is 12.3. The molecule has 61 heavy (non-hydrogen) atoms. The first kappa shape index (κ1) is 41.7. The Morgan fingerprint density at radius 3 is 2.13 bits per heavy atom. The van der Waals surface area contributed by atoms with E-state index in [0.717, 1.165) is 69.5 Å². The largest absolute Gasteiger partial charge is 0.452 e. The number of hydrazine groups is 1. The summed E-state index contributed by atoms with van der Waals surface area (Å²) >= 11 is 0. The number of fused-ring (bicyclic) bond motifs is 1. The van der Waals surface area contributed by atoms with Crippen molar-refractivity contribution in [2.75, 3.05) is 26.9 Å². The molecule has 2 saturated heterocycles. The Balaban J connectivity index is 0.967. The van der Waals surface area contributed by atoms with Crippen molar-refractivity contribution in [1.29, 1.82) is 0 Å². The molecule has 3 unspecified atom stereocenters.